The summed E-state index contributed by atoms with van der Waals surface area (Å²) in [5.74, 6) is 0.402. The maximum absolute atomic E-state index is 13.0. The molecule has 2 aromatic carbocycles. The number of piperazine rings is 1. The number of ketones is 1. The van der Waals surface area contributed by atoms with E-state index in [1.807, 2.05) is 17.0 Å². The quantitative estimate of drug-likeness (QED) is 0.641. The number of Topliss-reactive ketones (excluding diaryl/α,β-unsaturated/α-hetero) is 1. The summed E-state index contributed by atoms with van der Waals surface area (Å²) in [6.07, 6.45) is 1.30. The van der Waals surface area contributed by atoms with E-state index in [2.05, 4.69) is 4.90 Å². The third-order valence-corrected chi connectivity index (χ3v) is 5.31. The highest BCUT2D eigenvalue weighted by Crippen LogP contribution is 2.15. The SMILES string of the molecule is COc1cccc(C(=O)CCC(=O)N2CCN(CCc3ccc(F)cc3)CC2)c1. The minimum absolute atomic E-state index is 0.0273. The van der Waals surface area contributed by atoms with Crippen LogP contribution < -0.4 is 4.74 Å². The van der Waals surface area contributed by atoms with Crippen LogP contribution in [0.1, 0.15) is 28.8 Å². The van der Waals surface area contributed by atoms with Crippen molar-refractivity contribution in [3.8, 4) is 5.75 Å². The van der Waals surface area contributed by atoms with Gasteiger partial charge in [-0.1, -0.05) is 24.3 Å². The zero-order valence-electron chi connectivity index (χ0n) is 16.8. The topological polar surface area (TPSA) is 49.9 Å². The molecule has 0 aromatic heterocycles. The lowest BCUT2D eigenvalue weighted by Gasteiger charge is -2.34. The van der Waals surface area contributed by atoms with Crippen LogP contribution in [0, 0.1) is 5.82 Å². The van der Waals surface area contributed by atoms with Crippen molar-refractivity contribution >= 4 is 11.7 Å². The van der Waals surface area contributed by atoms with Crippen LogP contribution >= 0.6 is 0 Å². The van der Waals surface area contributed by atoms with E-state index in [-0.39, 0.29) is 30.3 Å². The molecule has 0 unspecified atom stereocenters. The van der Waals surface area contributed by atoms with Gasteiger partial charge in [-0.3, -0.25) is 14.5 Å². The van der Waals surface area contributed by atoms with E-state index in [0.717, 1.165) is 31.6 Å². The molecule has 3 rings (SSSR count). The van der Waals surface area contributed by atoms with Crippen LogP contribution in [0.25, 0.3) is 0 Å². The first-order valence-electron chi connectivity index (χ1n) is 9.97. The summed E-state index contributed by atoms with van der Waals surface area (Å²) in [5, 5.41) is 0. The van der Waals surface area contributed by atoms with Crippen LogP contribution in [0.3, 0.4) is 0 Å². The normalized spacial score (nSPS) is 14.6. The lowest BCUT2D eigenvalue weighted by Crippen LogP contribution is -2.49. The second-order valence-electron chi connectivity index (χ2n) is 7.25. The van der Waals surface area contributed by atoms with E-state index in [0.29, 0.717) is 24.4 Å². The fraction of sp³-hybridized carbons (Fsp3) is 0.391. The van der Waals surface area contributed by atoms with Crippen molar-refractivity contribution in [3.63, 3.8) is 0 Å². The summed E-state index contributed by atoms with van der Waals surface area (Å²) in [6.45, 7) is 3.88. The Bertz CT molecular complexity index is 830. The third-order valence-electron chi connectivity index (χ3n) is 5.31. The van der Waals surface area contributed by atoms with Gasteiger partial charge in [-0.15, -0.1) is 0 Å². The molecule has 0 atom stereocenters. The number of halogens is 1. The molecule has 1 saturated heterocycles. The van der Waals surface area contributed by atoms with Gasteiger partial charge < -0.3 is 9.64 Å². The molecule has 0 aliphatic carbocycles. The number of nitrogens with zero attached hydrogens (tertiary/aromatic N) is 2. The van der Waals surface area contributed by atoms with Gasteiger partial charge in [-0.05, 0) is 36.2 Å². The lowest BCUT2D eigenvalue weighted by molar-refractivity contribution is -0.132. The zero-order valence-corrected chi connectivity index (χ0v) is 16.8. The fourth-order valence-corrected chi connectivity index (χ4v) is 3.48. The Labute approximate surface area is 171 Å². The summed E-state index contributed by atoms with van der Waals surface area (Å²) in [6, 6.07) is 13.6. The van der Waals surface area contributed by atoms with Crippen molar-refractivity contribution < 1.29 is 18.7 Å². The van der Waals surface area contributed by atoms with Crippen molar-refractivity contribution in [1.82, 2.24) is 9.80 Å². The molecular formula is C23H27FN2O3. The van der Waals surface area contributed by atoms with Crippen molar-refractivity contribution in [2.45, 2.75) is 19.3 Å². The van der Waals surface area contributed by atoms with E-state index >= 15 is 0 Å². The molecule has 0 saturated carbocycles. The van der Waals surface area contributed by atoms with Crippen LogP contribution in [0.4, 0.5) is 4.39 Å². The molecule has 1 fully saturated rings. The van der Waals surface area contributed by atoms with Gasteiger partial charge in [-0.25, -0.2) is 4.39 Å². The van der Waals surface area contributed by atoms with Crippen LogP contribution in [0.15, 0.2) is 48.5 Å². The van der Waals surface area contributed by atoms with Gasteiger partial charge in [0, 0.05) is 51.1 Å². The maximum Gasteiger partial charge on any atom is 0.223 e. The number of carbonyl (C=O) groups is 2. The summed E-state index contributed by atoms with van der Waals surface area (Å²) in [7, 11) is 1.56. The maximum atomic E-state index is 13.0. The van der Waals surface area contributed by atoms with Crippen LogP contribution in [-0.4, -0.2) is 61.3 Å². The molecule has 29 heavy (non-hydrogen) atoms. The van der Waals surface area contributed by atoms with Gasteiger partial charge in [0.1, 0.15) is 11.6 Å². The second kappa shape index (κ2) is 10.2. The predicted molar refractivity (Wildman–Crippen MR) is 110 cm³/mol. The van der Waals surface area contributed by atoms with Gasteiger partial charge in [0.15, 0.2) is 5.78 Å². The standard InChI is InChI=1S/C23H27FN2O3/c1-29-21-4-2-3-19(17-21)22(27)9-10-23(28)26-15-13-25(14-16-26)12-11-18-5-7-20(24)8-6-18/h2-8,17H,9-16H2,1H3. The van der Waals surface area contributed by atoms with Crippen molar-refractivity contribution in [2.75, 3.05) is 39.8 Å². The first-order valence-corrected chi connectivity index (χ1v) is 9.97. The number of methoxy groups -OCH3 is 1. The average Bonchev–Trinajstić information content (AvgIpc) is 2.77. The number of benzene rings is 2. The van der Waals surface area contributed by atoms with Crippen LogP contribution in [0.5, 0.6) is 5.75 Å². The number of hydrogen-bond acceptors (Lipinski definition) is 4. The smallest absolute Gasteiger partial charge is 0.223 e. The van der Waals surface area contributed by atoms with Gasteiger partial charge in [0.25, 0.3) is 0 Å². The first-order chi connectivity index (χ1) is 14.0. The highest BCUT2D eigenvalue weighted by Gasteiger charge is 2.21. The van der Waals surface area contributed by atoms with E-state index in [1.165, 1.54) is 12.1 Å². The van der Waals surface area contributed by atoms with Gasteiger partial charge in [-0.2, -0.15) is 0 Å². The zero-order chi connectivity index (χ0) is 20.6. The summed E-state index contributed by atoms with van der Waals surface area (Å²) >= 11 is 0. The van der Waals surface area contributed by atoms with Crippen molar-refractivity contribution in [2.24, 2.45) is 0 Å². The third kappa shape index (κ3) is 6.12. The molecule has 0 bridgehead atoms. The molecule has 154 valence electrons. The Balaban J connectivity index is 1.39. The highest BCUT2D eigenvalue weighted by molar-refractivity contribution is 5.98. The number of carbonyl (C=O) groups excluding carboxylic acids is 2. The molecule has 1 aliphatic rings. The molecule has 1 aliphatic heterocycles. The number of hydrogen-bond donors (Lipinski definition) is 0. The molecule has 1 amide bonds. The Morgan fingerprint density at radius 2 is 1.72 bits per heavy atom. The Morgan fingerprint density at radius 1 is 1.00 bits per heavy atom. The summed E-state index contributed by atoms with van der Waals surface area (Å²) in [4.78, 5) is 29.0. The Morgan fingerprint density at radius 3 is 2.41 bits per heavy atom. The summed E-state index contributed by atoms with van der Waals surface area (Å²) < 4.78 is 18.1. The fourth-order valence-electron chi connectivity index (χ4n) is 3.48. The second-order valence-corrected chi connectivity index (χ2v) is 7.25. The average molecular weight is 398 g/mol. The molecule has 0 radical (unpaired) electrons. The van der Waals surface area contributed by atoms with Gasteiger partial charge in [0.2, 0.25) is 5.91 Å². The molecule has 5 nitrogen and oxygen atoms in total. The molecular weight excluding hydrogens is 371 g/mol. The van der Waals surface area contributed by atoms with E-state index < -0.39 is 0 Å². The van der Waals surface area contributed by atoms with Crippen LogP contribution in [0.2, 0.25) is 0 Å². The van der Waals surface area contributed by atoms with E-state index in [1.54, 1.807) is 31.4 Å². The monoisotopic (exact) mass is 398 g/mol. The van der Waals surface area contributed by atoms with E-state index in [9.17, 15) is 14.0 Å². The van der Waals surface area contributed by atoms with Gasteiger partial charge in [0.05, 0.1) is 7.11 Å². The minimum Gasteiger partial charge on any atom is -0.497 e. The number of ether oxygens (including phenoxy) is 1. The minimum atomic E-state index is -0.217. The summed E-state index contributed by atoms with van der Waals surface area (Å²) in [5.41, 5.74) is 1.68. The number of amides is 1. The molecule has 0 N–H and O–H groups in total. The first kappa shape index (κ1) is 21.0. The largest absolute Gasteiger partial charge is 0.497 e. The van der Waals surface area contributed by atoms with E-state index in [4.69, 9.17) is 4.74 Å². The molecule has 0 spiro atoms. The van der Waals surface area contributed by atoms with Crippen molar-refractivity contribution in [1.29, 1.82) is 0 Å². The van der Waals surface area contributed by atoms with Crippen LogP contribution in [-0.2, 0) is 11.2 Å². The predicted octanol–water partition coefficient (Wildman–Crippen LogP) is 3.18. The lowest BCUT2D eigenvalue weighted by atomic mass is 10.1. The highest BCUT2D eigenvalue weighted by atomic mass is 19.1. The Hall–Kier alpha value is -2.73. The molecule has 2 aromatic rings. The number of rotatable bonds is 8. The van der Waals surface area contributed by atoms with Gasteiger partial charge >= 0.3 is 0 Å². The Kier molecular flexibility index (Phi) is 7.36. The molecule has 1 heterocycles. The van der Waals surface area contributed by atoms with Crippen molar-refractivity contribution in [3.05, 3.63) is 65.5 Å². The molecule has 6 heteroatoms.